The van der Waals surface area contributed by atoms with Crippen molar-refractivity contribution < 1.29 is 9.47 Å². The van der Waals surface area contributed by atoms with Crippen molar-refractivity contribution in [1.29, 1.82) is 0 Å². The van der Waals surface area contributed by atoms with Crippen LogP contribution in [-0.4, -0.2) is 7.11 Å². The summed E-state index contributed by atoms with van der Waals surface area (Å²) in [5, 5.41) is 0. The van der Waals surface area contributed by atoms with E-state index in [0.717, 1.165) is 19.2 Å². The zero-order chi connectivity index (χ0) is 14.0. The topological polar surface area (TPSA) is 44.5 Å². The maximum Gasteiger partial charge on any atom is 0.151 e. The molecule has 0 saturated heterocycles. The molecule has 0 amide bonds. The lowest BCUT2D eigenvalue weighted by molar-refractivity contribution is 0.409. The number of rotatable bonds is 3. The number of nitrogen functional groups attached to an aromatic ring is 1. The van der Waals surface area contributed by atoms with E-state index < -0.39 is 0 Å². The highest BCUT2D eigenvalue weighted by atomic mass is 79.9. The summed E-state index contributed by atoms with van der Waals surface area (Å²) in [6.07, 6.45) is 0. The molecule has 0 saturated carbocycles. The molecule has 0 fully saturated rings. The molecule has 0 aliphatic heterocycles. The van der Waals surface area contributed by atoms with Crippen molar-refractivity contribution >= 4 is 53.5 Å². The number of benzene rings is 2. The quantitative estimate of drug-likeness (QED) is 0.639. The second-order valence-corrected chi connectivity index (χ2v) is 6.33. The van der Waals surface area contributed by atoms with Crippen molar-refractivity contribution in [3.05, 3.63) is 43.7 Å². The maximum absolute atomic E-state index is 5.88. The third-order valence-corrected chi connectivity index (χ3v) is 4.13. The average molecular weight is 452 g/mol. The van der Waals surface area contributed by atoms with Gasteiger partial charge in [0.25, 0.3) is 0 Å². The fourth-order valence-corrected chi connectivity index (χ4v) is 2.69. The molecule has 2 rings (SSSR count). The normalized spacial score (nSPS) is 10.3. The molecule has 0 aliphatic rings. The first-order chi connectivity index (χ1) is 9.01. The molecule has 0 spiro atoms. The number of anilines is 1. The maximum atomic E-state index is 5.88. The van der Waals surface area contributed by atoms with Crippen molar-refractivity contribution in [3.63, 3.8) is 0 Å². The van der Waals surface area contributed by atoms with E-state index in [1.54, 1.807) is 13.2 Å². The lowest BCUT2D eigenvalue weighted by Gasteiger charge is -2.12. The van der Waals surface area contributed by atoms with E-state index in [1.165, 1.54) is 0 Å². The molecule has 0 aromatic heterocycles. The summed E-state index contributed by atoms with van der Waals surface area (Å²) >= 11 is 10.3. The van der Waals surface area contributed by atoms with Crippen molar-refractivity contribution in [2.75, 3.05) is 12.8 Å². The van der Waals surface area contributed by atoms with E-state index in [4.69, 9.17) is 15.2 Å². The Morgan fingerprint density at radius 3 is 2.21 bits per heavy atom. The third-order valence-electron chi connectivity index (χ3n) is 2.40. The summed E-state index contributed by atoms with van der Waals surface area (Å²) < 4.78 is 13.5. The van der Waals surface area contributed by atoms with Gasteiger partial charge in [0.1, 0.15) is 11.5 Å². The molecule has 6 heteroatoms. The van der Waals surface area contributed by atoms with Crippen LogP contribution in [0, 0.1) is 0 Å². The van der Waals surface area contributed by atoms with E-state index in [2.05, 4.69) is 47.8 Å². The van der Waals surface area contributed by atoms with Crippen LogP contribution >= 0.6 is 47.8 Å². The van der Waals surface area contributed by atoms with Gasteiger partial charge >= 0.3 is 0 Å². The zero-order valence-electron chi connectivity index (χ0n) is 9.91. The van der Waals surface area contributed by atoms with Crippen molar-refractivity contribution in [1.82, 2.24) is 0 Å². The Bertz CT molecular complexity index is 617. The van der Waals surface area contributed by atoms with Gasteiger partial charge < -0.3 is 15.2 Å². The minimum absolute atomic E-state index is 0.571. The van der Waals surface area contributed by atoms with Gasteiger partial charge in [0.15, 0.2) is 5.75 Å². The van der Waals surface area contributed by atoms with Gasteiger partial charge in [-0.3, -0.25) is 0 Å². The molecular weight excluding hydrogens is 442 g/mol. The van der Waals surface area contributed by atoms with Crippen molar-refractivity contribution in [2.24, 2.45) is 0 Å². The predicted molar refractivity (Wildman–Crippen MR) is 87.0 cm³/mol. The number of hydrogen-bond donors (Lipinski definition) is 1. The van der Waals surface area contributed by atoms with Crippen LogP contribution in [0.25, 0.3) is 0 Å². The van der Waals surface area contributed by atoms with Gasteiger partial charge in [-0.15, -0.1) is 0 Å². The van der Waals surface area contributed by atoms with Crippen LogP contribution < -0.4 is 15.2 Å². The summed E-state index contributed by atoms with van der Waals surface area (Å²) in [4.78, 5) is 0. The minimum Gasteiger partial charge on any atom is -0.496 e. The monoisotopic (exact) mass is 449 g/mol. The van der Waals surface area contributed by atoms with Gasteiger partial charge in [-0.2, -0.15) is 0 Å². The minimum atomic E-state index is 0.571. The van der Waals surface area contributed by atoms with Gasteiger partial charge in [-0.25, -0.2) is 0 Å². The summed E-state index contributed by atoms with van der Waals surface area (Å²) in [5.74, 6) is 1.96. The van der Waals surface area contributed by atoms with Crippen LogP contribution in [0.1, 0.15) is 0 Å². The largest absolute Gasteiger partial charge is 0.496 e. The van der Waals surface area contributed by atoms with Crippen LogP contribution in [0.3, 0.4) is 0 Å². The van der Waals surface area contributed by atoms with Crippen molar-refractivity contribution in [3.8, 4) is 17.2 Å². The van der Waals surface area contributed by atoms with E-state index in [1.807, 2.05) is 24.3 Å². The highest BCUT2D eigenvalue weighted by Crippen LogP contribution is 2.39. The molecule has 100 valence electrons. The number of halogens is 3. The van der Waals surface area contributed by atoms with Crippen LogP contribution in [0.4, 0.5) is 5.69 Å². The molecule has 3 nitrogen and oxygen atoms in total. The smallest absolute Gasteiger partial charge is 0.151 e. The lowest BCUT2D eigenvalue weighted by Crippen LogP contribution is -1.93. The number of ether oxygens (including phenoxy) is 2. The fourth-order valence-electron chi connectivity index (χ4n) is 1.46. The molecule has 2 aromatic carbocycles. The summed E-state index contributed by atoms with van der Waals surface area (Å²) in [6.45, 7) is 0. The van der Waals surface area contributed by atoms with Gasteiger partial charge in [0, 0.05) is 4.47 Å². The Balaban J connectivity index is 2.38. The summed E-state index contributed by atoms with van der Waals surface area (Å²) in [5.41, 5.74) is 6.46. The molecule has 19 heavy (non-hydrogen) atoms. The summed E-state index contributed by atoms with van der Waals surface area (Å²) in [7, 11) is 1.61. The number of hydrogen-bond acceptors (Lipinski definition) is 3. The molecule has 0 atom stereocenters. The molecule has 0 unspecified atom stereocenters. The molecular formula is C13H10Br3NO2. The van der Waals surface area contributed by atoms with Crippen molar-refractivity contribution in [2.45, 2.75) is 0 Å². The highest BCUT2D eigenvalue weighted by Gasteiger charge is 2.11. The molecule has 2 N–H and O–H groups in total. The SMILES string of the molecule is COc1cc(Br)c(Oc2cc(Br)ccc2N)cc1Br. The van der Waals surface area contributed by atoms with Crippen LogP contribution in [0.5, 0.6) is 17.2 Å². The third kappa shape index (κ3) is 3.43. The Kier molecular flexibility index (Phi) is 4.76. The van der Waals surface area contributed by atoms with E-state index in [9.17, 15) is 0 Å². The van der Waals surface area contributed by atoms with Gasteiger partial charge in [0.05, 0.1) is 21.7 Å². The van der Waals surface area contributed by atoms with Crippen LogP contribution in [-0.2, 0) is 0 Å². The van der Waals surface area contributed by atoms with E-state index in [0.29, 0.717) is 17.2 Å². The molecule has 0 radical (unpaired) electrons. The lowest BCUT2D eigenvalue weighted by atomic mass is 10.3. The van der Waals surface area contributed by atoms with E-state index in [-0.39, 0.29) is 0 Å². The zero-order valence-corrected chi connectivity index (χ0v) is 14.7. The average Bonchev–Trinajstić information content (AvgIpc) is 2.37. The molecule has 0 bridgehead atoms. The molecule has 0 heterocycles. The number of methoxy groups -OCH3 is 1. The molecule has 2 aromatic rings. The van der Waals surface area contributed by atoms with Crippen LogP contribution in [0.15, 0.2) is 43.7 Å². The molecule has 0 aliphatic carbocycles. The fraction of sp³-hybridized carbons (Fsp3) is 0.0769. The van der Waals surface area contributed by atoms with Gasteiger partial charge in [-0.05, 0) is 62.2 Å². The first-order valence-electron chi connectivity index (χ1n) is 5.27. The highest BCUT2D eigenvalue weighted by molar-refractivity contribution is 9.11. The Morgan fingerprint density at radius 1 is 0.895 bits per heavy atom. The van der Waals surface area contributed by atoms with Gasteiger partial charge in [-0.1, -0.05) is 15.9 Å². The number of nitrogens with two attached hydrogens (primary N) is 1. The standard InChI is InChI=1S/C13H10Br3NO2/c1-18-11-5-9(16)12(6-8(11)15)19-13-4-7(14)2-3-10(13)17/h2-6H,17H2,1H3. The Labute approximate surface area is 136 Å². The Hall–Kier alpha value is -0.720. The van der Waals surface area contributed by atoms with E-state index >= 15 is 0 Å². The first-order valence-corrected chi connectivity index (χ1v) is 7.65. The predicted octanol–water partition coefficient (Wildman–Crippen LogP) is 5.36. The first kappa shape index (κ1) is 14.7. The van der Waals surface area contributed by atoms with Crippen LogP contribution in [0.2, 0.25) is 0 Å². The second kappa shape index (κ2) is 6.15. The second-order valence-electron chi connectivity index (χ2n) is 3.70. The summed E-state index contributed by atoms with van der Waals surface area (Å²) in [6, 6.07) is 9.11. The Morgan fingerprint density at radius 2 is 1.53 bits per heavy atom. The van der Waals surface area contributed by atoms with Gasteiger partial charge in [0.2, 0.25) is 0 Å².